The van der Waals surface area contributed by atoms with Crippen molar-refractivity contribution in [1.82, 2.24) is 19.8 Å². The Morgan fingerprint density at radius 1 is 1.36 bits per heavy atom. The maximum absolute atomic E-state index is 12.3. The molecule has 0 unspecified atom stereocenters. The van der Waals surface area contributed by atoms with Gasteiger partial charge in [-0.15, -0.1) is 0 Å². The Morgan fingerprint density at radius 2 is 2.20 bits per heavy atom. The van der Waals surface area contributed by atoms with Crippen molar-refractivity contribution < 1.29 is 9.53 Å². The van der Waals surface area contributed by atoms with Gasteiger partial charge in [0.05, 0.1) is 6.61 Å². The van der Waals surface area contributed by atoms with Crippen molar-refractivity contribution in [2.45, 2.75) is 32.5 Å². The van der Waals surface area contributed by atoms with E-state index in [1.807, 2.05) is 31.3 Å². The van der Waals surface area contributed by atoms with E-state index in [-0.39, 0.29) is 12.0 Å². The molecule has 6 nitrogen and oxygen atoms in total. The molecule has 1 aliphatic rings. The van der Waals surface area contributed by atoms with Crippen molar-refractivity contribution in [1.29, 1.82) is 0 Å². The van der Waals surface area contributed by atoms with E-state index in [1.165, 1.54) is 5.56 Å². The number of carbonyl (C=O) groups excluding carboxylic acids is 1. The predicted molar refractivity (Wildman–Crippen MR) is 96.0 cm³/mol. The van der Waals surface area contributed by atoms with Crippen LogP contribution >= 0.6 is 0 Å². The highest BCUT2D eigenvalue weighted by molar-refractivity contribution is 5.81. The van der Waals surface area contributed by atoms with Crippen molar-refractivity contribution in [3.63, 3.8) is 0 Å². The van der Waals surface area contributed by atoms with E-state index < -0.39 is 0 Å². The van der Waals surface area contributed by atoms with Crippen LogP contribution in [0, 0.1) is 6.92 Å². The van der Waals surface area contributed by atoms with Gasteiger partial charge >= 0.3 is 0 Å². The van der Waals surface area contributed by atoms with Gasteiger partial charge in [0.25, 0.3) is 0 Å². The number of imidazole rings is 1. The topological polar surface area (TPSA) is 59.4 Å². The summed E-state index contributed by atoms with van der Waals surface area (Å²) in [4.78, 5) is 18.8. The van der Waals surface area contributed by atoms with E-state index in [2.05, 4.69) is 31.9 Å². The number of carbonyl (C=O) groups is 1. The Labute approximate surface area is 148 Å². The molecule has 0 bridgehead atoms. The number of nitrogens with zero attached hydrogens (tertiary/aromatic N) is 3. The quantitative estimate of drug-likeness (QED) is 0.777. The van der Waals surface area contributed by atoms with E-state index >= 15 is 0 Å². The van der Waals surface area contributed by atoms with Crippen LogP contribution < -0.4 is 5.32 Å². The highest BCUT2D eigenvalue weighted by atomic mass is 16.5. The summed E-state index contributed by atoms with van der Waals surface area (Å²) in [5.74, 6) is 0.985. The molecule has 1 fully saturated rings. The molecule has 1 aliphatic heterocycles. The van der Waals surface area contributed by atoms with Gasteiger partial charge in [0.15, 0.2) is 0 Å². The van der Waals surface area contributed by atoms with Gasteiger partial charge in [-0.1, -0.05) is 30.3 Å². The number of amides is 1. The fraction of sp³-hybridized carbons (Fsp3) is 0.474. The molecule has 25 heavy (non-hydrogen) atoms. The van der Waals surface area contributed by atoms with Crippen LogP contribution in [-0.4, -0.2) is 52.7 Å². The summed E-state index contributed by atoms with van der Waals surface area (Å²) >= 11 is 0. The molecular formula is C19H26N4O2. The van der Waals surface area contributed by atoms with Crippen LogP contribution in [0.4, 0.5) is 0 Å². The number of hydrogen-bond acceptors (Lipinski definition) is 4. The second-order valence-corrected chi connectivity index (χ2v) is 6.39. The second kappa shape index (κ2) is 8.78. The number of nitrogens with one attached hydrogen (secondary N) is 1. The van der Waals surface area contributed by atoms with Crippen molar-refractivity contribution in [2.24, 2.45) is 0 Å². The van der Waals surface area contributed by atoms with E-state index in [4.69, 9.17) is 4.74 Å². The summed E-state index contributed by atoms with van der Waals surface area (Å²) in [5.41, 5.74) is 1.26. The average molecular weight is 342 g/mol. The summed E-state index contributed by atoms with van der Waals surface area (Å²) in [7, 11) is 0. The van der Waals surface area contributed by atoms with E-state index in [0.717, 1.165) is 31.9 Å². The maximum Gasteiger partial charge on any atom is 0.250 e. The third-order valence-electron chi connectivity index (χ3n) is 4.49. The zero-order valence-electron chi connectivity index (χ0n) is 14.7. The maximum atomic E-state index is 12.3. The number of hydrogen-bond donors (Lipinski definition) is 1. The number of aromatic nitrogens is 2. The minimum Gasteiger partial charge on any atom is -0.366 e. The van der Waals surface area contributed by atoms with Crippen molar-refractivity contribution in [3.05, 3.63) is 54.1 Å². The molecule has 2 heterocycles. The standard InChI is InChI=1S/C19H26N4O2/c1-16-20-9-11-23(16)10-5-8-21-19(24)18-15-22(12-13-25-18)14-17-6-3-2-4-7-17/h2-4,6-7,9,11,18H,5,8,10,12-15H2,1H3,(H,21,24)/t18-/m0/s1. The molecule has 3 rings (SSSR count). The predicted octanol–water partition coefficient (Wildman–Crippen LogP) is 1.60. The molecule has 2 aromatic rings. The molecule has 1 aromatic carbocycles. The smallest absolute Gasteiger partial charge is 0.250 e. The van der Waals surface area contributed by atoms with Gasteiger partial charge in [0, 0.05) is 45.1 Å². The van der Waals surface area contributed by atoms with Crippen LogP contribution in [0.1, 0.15) is 17.8 Å². The number of morpholine rings is 1. The highest BCUT2D eigenvalue weighted by Gasteiger charge is 2.26. The van der Waals surface area contributed by atoms with Crippen LogP contribution in [0.25, 0.3) is 0 Å². The Bertz CT molecular complexity index is 671. The summed E-state index contributed by atoms with van der Waals surface area (Å²) in [6.07, 6.45) is 4.25. The highest BCUT2D eigenvalue weighted by Crippen LogP contribution is 2.10. The lowest BCUT2D eigenvalue weighted by Crippen LogP contribution is -2.49. The van der Waals surface area contributed by atoms with E-state index in [9.17, 15) is 4.79 Å². The Morgan fingerprint density at radius 3 is 2.96 bits per heavy atom. The van der Waals surface area contributed by atoms with E-state index in [1.54, 1.807) is 6.20 Å². The van der Waals surface area contributed by atoms with Crippen molar-refractivity contribution >= 4 is 5.91 Å². The Balaban J connectivity index is 1.40. The monoisotopic (exact) mass is 342 g/mol. The molecule has 1 aromatic heterocycles. The number of aryl methyl sites for hydroxylation is 2. The van der Waals surface area contributed by atoms with Gasteiger partial charge in [-0.05, 0) is 18.9 Å². The lowest BCUT2D eigenvalue weighted by molar-refractivity contribution is -0.138. The minimum atomic E-state index is -0.382. The first-order valence-corrected chi connectivity index (χ1v) is 8.86. The lowest BCUT2D eigenvalue weighted by atomic mass is 10.2. The summed E-state index contributed by atoms with van der Waals surface area (Å²) < 4.78 is 7.75. The van der Waals surface area contributed by atoms with Gasteiger partial charge in [-0.25, -0.2) is 4.98 Å². The summed E-state index contributed by atoms with van der Waals surface area (Å²) in [6.45, 7) is 6.44. The third kappa shape index (κ3) is 5.14. The average Bonchev–Trinajstić information content (AvgIpc) is 3.04. The third-order valence-corrected chi connectivity index (χ3v) is 4.49. The molecule has 0 radical (unpaired) electrons. The summed E-state index contributed by atoms with van der Waals surface area (Å²) in [6, 6.07) is 10.3. The molecule has 1 atom stereocenters. The molecular weight excluding hydrogens is 316 g/mol. The SMILES string of the molecule is Cc1nccn1CCCNC(=O)[C@@H]1CN(Cc2ccccc2)CCO1. The van der Waals surface area contributed by atoms with Crippen molar-refractivity contribution in [2.75, 3.05) is 26.2 Å². The van der Waals surface area contributed by atoms with Gasteiger partial charge in [0.2, 0.25) is 5.91 Å². The van der Waals surface area contributed by atoms with E-state index in [0.29, 0.717) is 19.7 Å². The number of ether oxygens (including phenoxy) is 1. The van der Waals surface area contributed by atoms with Gasteiger partial charge in [0.1, 0.15) is 11.9 Å². The zero-order chi connectivity index (χ0) is 17.5. The molecule has 1 N–H and O–H groups in total. The van der Waals surface area contributed by atoms with Crippen LogP contribution in [0.15, 0.2) is 42.7 Å². The van der Waals surface area contributed by atoms with Gasteiger partial charge < -0.3 is 14.6 Å². The normalized spacial score (nSPS) is 18.2. The summed E-state index contributed by atoms with van der Waals surface area (Å²) in [5, 5.41) is 2.99. The fourth-order valence-electron chi connectivity index (χ4n) is 3.06. The first-order chi connectivity index (χ1) is 12.2. The first kappa shape index (κ1) is 17.6. The van der Waals surface area contributed by atoms with Crippen LogP contribution in [0.2, 0.25) is 0 Å². The zero-order valence-corrected chi connectivity index (χ0v) is 14.7. The number of benzene rings is 1. The first-order valence-electron chi connectivity index (χ1n) is 8.86. The Hall–Kier alpha value is -2.18. The molecule has 134 valence electrons. The minimum absolute atomic E-state index is 0.0138. The molecule has 1 saturated heterocycles. The Kier molecular flexibility index (Phi) is 6.19. The largest absolute Gasteiger partial charge is 0.366 e. The molecule has 0 aliphatic carbocycles. The van der Waals surface area contributed by atoms with Crippen LogP contribution in [0.5, 0.6) is 0 Å². The molecule has 6 heteroatoms. The van der Waals surface area contributed by atoms with Gasteiger partial charge in [-0.2, -0.15) is 0 Å². The van der Waals surface area contributed by atoms with Crippen LogP contribution in [0.3, 0.4) is 0 Å². The van der Waals surface area contributed by atoms with Crippen LogP contribution in [-0.2, 0) is 22.6 Å². The molecule has 0 spiro atoms. The van der Waals surface area contributed by atoms with Gasteiger partial charge in [-0.3, -0.25) is 9.69 Å². The lowest BCUT2D eigenvalue weighted by Gasteiger charge is -2.32. The van der Waals surface area contributed by atoms with Crippen molar-refractivity contribution in [3.8, 4) is 0 Å². The molecule has 1 amide bonds. The number of rotatable bonds is 7. The fourth-order valence-corrected chi connectivity index (χ4v) is 3.06. The second-order valence-electron chi connectivity index (χ2n) is 6.39. The molecule has 0 saturated carbocycles.